The molecule has 0 aromatic heterocycles. The van der Waals surface area contributed by atoms with Gasteiger partial charge in [0.1, 0.15) is 17.1 Å². The van der Waals surface area contributed by atoms with Gasteiger partial charge in [0, 0.05) is 0 Å². The van der Waals surface area contributed by atoms with Crippen LogP contribution in [0.15, 0.2) is 11.3 Å². The molecule has 0 atom stereocenters. The molecule has 0 bridgehead atoms. The molecular weight excluding hydrogens is 248 g/mol. The molecule has 17 heavy (non-hydrogen) atoms. The van der Waals surface area contributed by atoms with Gasteiger partial charge in [0.25, 0.3) is 0 Å². The summed E-state index contributed by atoms with van der Waals surface area (Å²) in [4.78, 5) is 0. The minimum atomic E-state index is -1.41. The molecule has 0 heterocycles. The summed E-state index contributed by atoms with van der Waals surface area (Å²) in [6, 6.07) is 0. The van der Waals surface area contributed by atoms with Crippen LogP contribution in [0.1, 0.15) is 20.8 Å². The summed E-state index contributed by atoms with van der Waals surface area (Å²) < 4.78 is 16.8. The third kappa shape index (κ3) is 8.59. The Morgan fingerprint density at radius 3 is 2.18 bits per heavy atom. The van der Waals surface area contributed by atoms with Gasteiger partial charge in [0.15, 0.2) is 8.32 Å². The summed E-state index contributed by atoms with van der Waals surface area (Å²) in [7, 11) is -0.640. The van der Waals surface area contributed by atoms with Crippen molar-refractivity contribution in [1.82, 2.24) is 0 Å². The zero-order chi connectivity index (χ0) is 13.5. The van der Waals surface area contributed by atoms with Crippen LogP contribution < -0.4 is 0 Å². The third-order valence-electron chi connectivity index (χ3n) is 2.39. The van der Waals surface area contributed by atoms with Crippen molar-refractivity contribution in [1.29, 1.82) is 0 Å². The number of hydrogen-bond acceptors (Lipinski definition) is 3. The first-order valence-corrected chi connectivity index (χ1v) is 10.5. The number of hydrogen-bond donors (Lipinski definition) is 0. The van der Waals surface area contributed by atoms with Gasteiger partial charge in [-0.1, -0.05) is 13.8 Å². The Morgan fingerprint density at radius 2 is 1.76 bits per heavy atom. The van der Waals surface area contributed by atoms with E-state index in [-0.39, 0.29) is 0 Å². The molecule has 0 aliphatic heterocycles. The molecule has 0 fully saturated rings. The predicted molar refractivity (Wildman–Crippen MR) is 78.7 cm³/mol. The average Bonchev–Trinajstić information content (AvgIpc) is 2.18. The van der Waals surface area contributed by atoms with Gasteiger partial charge in [-0.25, -0.2) is 0 Å². The van der Waals surface area contributed by atoms with Crippen LogP contribution in [-0.2, 0) is 13.6 Å². The molecule has 0 N–H and O–H groups in total. The van der Waals surface area contributed by atoms with E-state index in [4.69, 9.17) is 13.6 Å². The molecule has 0 saturated carbocycles. The zero-order valence-corrected chi connectivity index (χ0v) is 15.4. The second-order valence-corrected chi connectivity index (χ2v) is 10.6. The molecule has 0 rings (SSSR count). The van der Waals surface area contributed by atoms with Crippen molar-refractivity contribution in [2.24, 2.45) is 5.92 Å². The number of allylic oxidation sites excluding steroid dienone is 1. The fraction of sp³-hybridized carbons (Fsp3) is 0.833. The summed E-state index contributed by atoms with van der Waals surface area (Å²) in [5.41, 5.74) is 1.26. The molecule has 0 aromatic rings. The van der Waals surface area contributed by atoms with Crippen molar-refractivity contribution in [3.8, 4) is 0 Å². The second-order valence-electron chi connectivity index (χ2n) is 5.48. The van der Waals surface area contributed by atoms with Crippen molar-refractivity contribution in [3.63, 3.8) is 0 Å². The van der Waals surface area contributed by atoms with Gasteiger partial charge in [0.05, 0.1) is 19.0 Å². The van der Waals surface area contributed by atoms with Crippen LogP contribution in [0.4, 0.5) is 0 Å². The average molecular weight is 277 g/mol. The highest BCUT2D eigenvalue weighted by Gasteiger charge is 2.14. The number of ether oxygens (including phenoxy) is 1. The van der Waals surface area contributed by atoms with Crippen LogP contribution in [-0.4, -0.2) is 38.6 Å². The van der Waals surface area contributed by atoms with Crippen molar-refractivity contribution in [2.45, 2.75) is 40.4 Å². The Balaban J connectivity index is 4.12. The fourth-order valence-electron chi connectivity index (χ4n) is 1.47. The Morgan fingerprint density at radius 1 is 1.18 bits per heavy atom. The van der Waals surface area contributed by atoms with Gasteiger partial charge in [-0.15, -0.1) is 0 Å². The molecule has 0 spiro atoms. The second kappa shape index (κ2) is 8.08. The van der Waals surface area contributed by atoms with E-state index in [1.54, 1.807) is 0 Å². The molecule has 5 heteroatoms. The topological polar surface area (TPSA) is 27.7 Å². The first kappa shape index (κ1) is 16.9. The maximum atomic E-state index is 5.75. The van der Waals surface area contributed by atoms with E-state index in [1.807, 2.05) is 6.92 Å². The lowest BCUT2D eigenvalue weighted by Crippen LogP contribution is -2.27. The van der Waals surface area contributed by atoms with E-state index in [2.05, 4.69) is 33.5 Å². The molecule has 0 aliphatic carbocycles. The molecule has 0 aliphatic rings. The lowest BCUT2D eigenvalue weighted by atomic mass is 10.0. The molecule has 3 nitrogen and oxygen atoms in total. The van der Waals surface area contributed by atoms with Gasteiger partial charge >= 0.3 is 0 Å². The summed E-state index contributed by atoms with van der Waals surface area (Å²) in [5, 5.41) is 0. The first-order chi connectivity index (χ1) is 7.78. The summed E-state index contributed by atoms with van der Waals surface area (Å²) >= 11 is 0. The molecule has 0 unspecified atom stereocenters. The van der Waals surface area contributed by atoms with Crippen LogP contribution in [0.3, 0.4) is 0 Å². The lowest BCUT2D eigenvalue weighted by molar-refractivity contribution is 0.148. The molecule has 0 radical (unpaired) electrons. The molecule has 0 amide bonds. The SMILES string of the molecule is CC(OCCO[Si](C)(C)C)=C(CO[SiH3])C(C)C. The van der Waals surface area contributed by atoms with Gasteiger partial charge < -0.3 is 13.6 Å². The standard InChI is InChI=1S/C12H28O3Si2/c1-10(2)12(9-14-16)11(3)13-7-8-15-17(4,5)6/h10H,7-9H2,1-6,16H3. The van der Waals surface area contributed by atoms with Crippen molar-refractivity contribution in [3.05, 3.63) is 11.3 Å². The van der Waals surface area contributed by atoms with E-state index in [0.717, 1.165) is 16.2 Å². The van der Waals surface area contributed by atoms with Gasteiger partial charge in [-0.3, -0.25) is 0 Å². The quantitative estimate of drug-likeness (QED) is 0.386. The van der Waals surface area contributed by atoms with Crippen LogP contribution in [0.25, 0.3) is 0 Å². The van der Waals surface area contributed by atoms with Crippen LogP contribution in [0.2, 0.25) is 19.6 Å². The molecule has 0 aromatic carbocycles. The van der Waals surface area contributed by atoms with E-state index in [1.165, 1.54) is 5.57 Å². The Bertz CT molecular complexity index is 245. The zero-order valence-electron chi connectivity index (χ0n) is 12.4. The van der Waals surface area contributed by atoms with Crippen LogP contribution in [0.5, 0.6) is 0 Å². The summed E-state index contributed by atoms with van der Waals surface area (Å²) in [6.07, 6.45) is 0. The van der Waals surface area contributed by atoms with Crippen LogP contribution in [0, 0.1) is 5.92 Å². The fourth-order valence-corrected chi connectivity index (χ4v) is 2.47. The third-order valence-corrected chi connectivity index (χ3v) is 3.74. The summed E-state index contributed by atoms with van der Waals surface area (Å²) in [5.74, 6) is 1.47. The molecular formula is C12H28O3Si2. The number of rotatable bonds is 8. The first-order valence-electron chi connectivity index (χ1n) is 6.23. The van der Waals surface area contributed by atoms with Crippen LogP contribution >= 0.6 is 0 Å². The Kier molecular flexibility index (Phi) is 8.03. The predicted octanol–water partition coefficient (Wildman–Crippen LogP) is 2.08. The van der Waals surface area contributed by atoms with E-state index >= 15 is 0 Å². The Labute approximate surface area is 110 Å². The smallest absolute Gasteiger partial charge is 0.183 e. The van der Waals surface area contributed by atoms with Crippen molar-refractivity contribution in [2.75, 3.05) is 19.8 Å². The molecule has 102 valence electrons. The summed E-state index contributed by atoms with van der Waals surface area (Å²) in [6.45, 7) is 14.9. The van der Waals surface area contributed by atoms with E-state index in [0.29, 0.717) is 25.7 Å². The van der Waals surface area contributed by atoms with Gasteiger partial charge in [-0.05, 0) is 38.1 Å². The highest BCUT2D eigenvalue weighted by Crippen LogP contribution is 2.16. The maximum absolute atomic E-state index is 5.75. The maximum Gasteiger partial charge on any atom is 0.183 e. The van der Waals surface area contributed by atoms with Gasteiger partial charge in [0.2, 0.25) is 0 Å². The van der Waals surface area contributed by atoms with Gasteiger partial charge in [-0.2, -0.15) is 0 Å². The monoisotopic (exact) mass is 276 g/mol. The minimum Gasteiger partial charge on any atom is -0.496 e. The van der Waals surface area contributed by atoms with Crippen molar-refractivity contribution < 1.29 is 13.6 Å². The largest absolute Gasteiger partial charge is 0.496 e. The van der Waals surface area contributed by atoms with E-state index < -0.39 is 8.32 Å². The van der Waals surface area contributed by atoms with E-state index in [9.17, 15) is 0 Å². The highest BCUT2D eigenvalue weighted by atomic mass is 28.4. The molecule has 0 saturated heterocycles. The highest BCUT2D eigenvalue weighted by molar-refractivity contribution is 6.69. The lowest BCUT2D eigenvalue weighted by Gasteiger charge is -2.19. The Hall–Kier alpha value is -0.106. The van der Waals surface area contributed by atoms with Crippen molar-refractivity contribution >= 4 is 18.8 Å². The minimum absolute atomic E-state index is 0.474. The normalized spacial score (nSPS) is 14.1.